The first-order chi connectivity index (χ1) is 10.0. The lowest BCUT2D eigenvalue weighted by Gasteiger charge is -2.59. The molecule has 0 spiro atoms. The smallest absolute Gasteiger partial charge is 0.0797 e. The molecule has 2 aliphatic rings. The topological polar surface area (TPSA) is 40.5 Å². The third-order valence-corrected chi connectivity index (χ3v) is 7.22. The van der Waals surface area contributed by atoms with Crippen molar-refractivity contribution in [3.8, 4) is 0 Å². The molecule has 6 atom stereocenters. The first-order valence-electron chi connectivity index (χ1n) is 8.78. The molecule has 0 heterocycles. The molecular weight excluding hydrogens is 272 g/mol. The maximum absolute atomic E-state index is 10.3. The number of aliphatic hydroxyl groups is 2. The fraction of sp³-hybridized carbons (Fsp3) is 0.800. The summed E-state index contributed by atoms with van der Waals surface area (Å²) in [5.74, 6) is 1.09. The lowest BCUT2D eigenvalue weighted by atomic mass is 9.46. The van der Waals surface area contributed by atoms with Crippen LogP contribution in [0.5, 0.6) is 0 Å². The summed E-state index contributed by atoms with van der Waals surface area (Å²) in [4.78, 5) is 0. The van der Waals surface area contributed by atoms with Gasteiger partial charge in [0.1, 0.15) is 0 Å². The summed E-state index contributed by atoms with van der Waals surface area (Å²) in [6.07, 6.45) is 8.41. The molecule has 2 N–H and O–H groups in total. The molecule has 2 aliphatic carbocycles. The van der Waals surface area contributed by atoms with Crippen molar-refractivity contribution < 1.29 is 10.2 Å². The van der Waals surface area contributed by atoms with Crippen molar-refractivity contribution in [2.75, 3.05) is 0 Å². The first kappa shape index (κ1) is 17.7. The Labute approximate surface area is 136 Å². The maximum atomic E-state index is 10.3. The number of rotatable bonds is 4. The molecule has 22 heavy (non-hydrogen) atoms. The van der Waals surface area contributed by atoms with Crippen molar-refractivity contribution in [1.82, 2.24) is 0 Å². The largest absolute Gasteiger partial charge is 0.389 e. The van der Waals surface area contributed by atoms with Crippen LogP contribution in [0, 0.1) is 22.7 Å². The Morgan fingerprint density at radius 2 is 2.09 bits per heavy atom. The van der Waals surface area contributed by atoms with Gasteiger partial charge in [0.2, 0.25) is 0 Å². The van der Waals surface area contributed by atoms with Gasteiger partial charge >= 0.3 is 0 Å². The van der Waals surface area contributed by atoms with Crippen molar-refractivity contribution in [2.24, 2.45) is 22.7 Å². The molecule has 1 fully saturated rings. The minimum Gasteiger partial charge on any atom is -0.389 e. The van der Waals surface area contributed by atoms with Crippen molar-refractivity contribution >= 4 is 0 Å². The molecule has 0 aromatic heterocycles. The van der Waals surface area contributed by atoms with Gasteiger partial charge in [-0.25, -0.2) is 0 Å². The number of hydrogen-bond acceptors (Lipinski definition) is 2. The van der Waals surface area contributed by atoms with Gasteiger partial charge in [0.15, 0.2) is 0 Å². The highest BCUT2D eigenvalue weighted by Gasteiger charge is 2.54. The van der Waals surface area contributed by atoms with Gasteiger partial charge in [0.05, 0.1) is 11.7 Å². The number of hydrogen-bond donors (Lipinski definition) is 2. The molecule has 0 amide bonds. The second-order valence-electron chi connectivity index (χ2n) is 8.63. The molecule has 0 aromatic carbocycles. The van der Waals surface area contributed by atoms with E-state index < -0.39 is 5.60 Å². The van der Waals surface area contributed by atoms with E-state index in [1.165, 1.54) is 18.4 Å². The Morgan fingerprint density at radius 3 is 2.68 bits per heavy atom. The fourth-order valence-electron chi connectivity index (χ4n) is 4.93. The molecule has 0 radical (unpaired) electrons. The van der Waals surface area contributed by atoms with E-state index in [0.717, 1.165) is 19.3 Å². The summed E-state index contributed by atoms with van der Waals surface area (Å²) in [6, 6.07) is 0. The summed E-state index contributed by atoms with van der Waals surface area (Å²) in [7, 11) is 0. The van der Waals surface area contributed by atoms with Gasteiger partial charge in [-0.05, 0) is 68.6 Å². The third-order valence-electron chi connectivity index (χ3n) is 7.22. The van der Waals surface area contributed by atoms with Gasteiger partial charge in [-0.2, -0.15) is 0 Å². The molecule has 0 bridgehead atoms. The number of aliphatic hydroxyl groups excluding tert-OH is 1. The van der Waals surface area contributed by atoms with E-state index in [4.69, 9.17) is 0 Å². The van der Waals surface area contributed by atoms with Crippen molar-refractivity contribution in [3.63, 3.8) is 0 Å². The molecule has 0 saturated heterocycles. The minimum atomic E-state index is -0.797. The van der Waals surface area contributed by atoms with Crippen LogP contribution in [0.15, 0.2) is 24.3 Å². The molecule has 2 rings (SSSR count). The average Bonchev–Trinajstić information content (AvgIpc) is 2.45. The van der Waals surface area contributed by atoms with Crippen LogP contribution in [0.4, 0.5) is 0 Å². The third kappa shape index (κ3) is 2.92. The summed E-state index contributed by atoms with van der Waals surface area (Å²) >= 11 is 0. The monoisotopic (exact) mass is 306 g/mol. The second kappa shape index (κ2) is 5.79. The van der Waals surface area contributed by atoms with Crippen LogP contribution in [0.1, 0.15) is 66.7 Å². The highest BCUT2D eigenvalue weighted by molar-refractivity contribution is 5.23. The quantitative estimate of drug-likeness (QED) is 0.752. The minimum absolute atomic E-state index is 0.149. The van der Waals surface area contributed by atoms with Crippen LogP contribution < -0.4 is 0 Å². The van der Waals surface area contributed by atoms with E-state index in [9.17, 15) is 10.2 Å². The van der Waals surface area contributed by atoms with Crippen molar-refractivity contribution in [2.45, 2.75) is 78.4 Å². The van der Waals surface area contributed by atoms with Crippen molar-refractivity contribution in [1.29, 1.82) is 0 Å². The average molecular weight is 306 g/mol. The summed E-state index contributed by atoms with van der Waals surface area (Å²) < 4.78 is 0. The fourth-order valence-corrected chi connectivity index (χ4v) is 4.93. The Hall–Kier alpha value is -0.600. The van der Waals surface area contributed by atoms with E-state index in [1.54, 1.807) is 6.08 Å². The number of fused-ring (bicyclic) bond motifs is 1. The van der Waals surface area contributed by atoms with E-state index >= 15 is 0 Å². The van der Waals surface area contributed by atoms with E-state index in [2.05, 4.69) is 40.3 Å². The molecule has 2 nitrogen and oxygen atoms in total. The first-order valence-corrected chi connectivity index (χ1v) is 8.78. The summed E-state index contributed by atoms with van der Waals surface area (Å²) in [6.45, 7) is 14.9. The standard InChI is InChI=1S/C20H34O2/c1-7-18(4,22)10-11-20(6)14(2)8-9-19(5)15(3)12-16(21)13-17(19)20/h7,12,14,16-17,21-22H,1,8-11,13H2,2-6H3/t14-,16+,17+,18-,19-,20-/m1/s1. The zero-order valence-electron chi connectivity index (χ0n) is 15.0. The summed E-state index contributed by atoms with van der Waals surface area (Å²) in [5, 5.41) is 20.6. The predicted molar refractivity (Wildman–Crippen MR) is 92.5 cm³/mol. The molecule has 1 saturated carbocycles. The van der Waals surface area contributed by atoms with Gasteiger partial charge in [-0.15, -0.1) is 6.58 Å². The molecule has 2 heteroatoms. The lowest BCUT2D eigenvalue weighted by molar-refractivity contribution is -0.0740. The Morgan fingerprint density at radius 1 is 1.45 bits per heavy atom. The Kier molecular flexibility index (Phi) is 4.68. The van der Waals surface area contributed by atoms with Crippen LogP contribution in [0.25, 0.3) is 0 Å². The highest BCUT2D eigenvalue weighted by atomic mass is 16.3. The molecule has 126 valence electrons. The van der Waals surface area contributed by atoms with E-state index in [1.807, 2.05) is 6.92 Å². The Balaban J connectivity index is 2.32. The molecular formula is C20H34O2. The molecule has 0 aliphatic heterocycles. The predicted octanol–water partition coefficient (Wildman–Crippen LogP) is 4.47. The van der Waals surface area contributed by atoms with Gasteiger partial charge in [-0.3, -0.25) is 0 Å². The van der Waals surface area contributed by atoms with Crippen LogP contribution in [0.2, 0.25) is 0 Å². The van der Waals surface area contributed by atoms with Crippen molar-refractivity contribution in [3.05, 3.63) is 24.3 Å². The van der Waals surface area contributed by atoms with Gasteiger partial charge in [0, 0.05) is 0 Å². The maximum Gasteiger partial charge on any atom is 0.0797 e. The summed E-state index contributed by atoms with van der Waals surface area (Å²) in [5.41, 5.74) is 0.899. The van der Waals surface area contributed by atoms with Gasteiger partial charge in [0.25, 0.3) is 0 Å². The lowest BCUT2D eigenvalue weighted by Crippen LogP contribution is -2.52. The zero-order valence-corrected chi connectivity index (χ0v) is 15.0. The normalized spacial score (nSPS) is 44.7. The van der Waals surface area contributed by atoms with Gasteiger partial charge < -0.3 is 10.2 Å². The Bertz CT molecular complexity index is 464. The zero-order chi connectivity index (χ0) is 16.8. The molecule has 0 unspecified atom stereocenters. The second-order valence-corrected chi connectivity index (χ2v) is 8.63. The van der Waals surface area contributed by atoms with Crippen LogP contribution in [0.3, 0.4) is 0 Å². The SMILES string of the molecule is C=C[C@@](C)(O)CC[C@]1(C)[C@H](C)CC[C@]2(C)C(C)=C[C@H](O)C[C@H]12. The van der Waals surface area contributed by atoms with E-state index in [0.29, 0.717) is 11.8 Å². The molecule has 0 aromatic rings. The highest BCUT2D eigenvalue weighted by Crippen LogP contribution is 2.62. The number of allylic oxidation sites excluding steroid dienone is 1. The van der Waals surface area contributed by atoms with Crippen LogP contribution >= 0.6 is 0 Å². The van der Waals surface area contributed by atoms with Crippen LogP contribution in [-0.4, -0.2) is 21.9 Å². The van der Waals surface area contributed by atoms with Gasteiger partial charge in [-0.1, -0.05) is 38.5 Å². The van der Waals surface area contributed by atoms with E-state index in [-0.39, 0.29) is 16.9 Å². The van der Waals surface area contributed by atoms with Crippen LogP contribution in [-0.2, 0) is 0 Å².